The fourth-order valence-electron chi connectivity index (χ4n) is 1.29. The first-order valence-electron chi connectivity index (χ1n) is 9.94. The normalized spacial score (nSPS) is 12.2. The van der Waals surface area contributed by atoms with Crippen LogP contribution in [0, 0.1) is 10.8 Å². The molecule has 0 heterocycles. The molecular formula is C23H39NO7. The minimum atomic E-state index is -0.757. The third-order valence-corrected chi connectivity index (χ3v) is 3.31. The molecule has 0 saturated heterocycles. The summed E-state index contributed by atoms with van der Waals surface area (Å²) in [7, 11) is 0. The van der Waals surface area contributed by atoms with E-state index in [1.807, 2.05) is 18.2 Å². The van der Waals surface area contributed by atoms with Crippen molar-refractivity contribution in [2.45, 2.75) is 74.0 Å². The van der Waals surface area contributed by atoms with Crippen LogP contribution in [0.3, 0.4) is 0 Å². The Bertz CT molecular complexity index is 657. The van der Waals surface area contributed by atoms with Gasteiger partial charge in [-0.2, -0.15) is 0 Å². The van der Waals surface area contributed by atoms with Crippen molar-refractivity contribution in [3.8, 4) is 0 Å². The number of carbonyl (C=O) groups excluding carboxylic acids is 1. The summed E-state index contributed by atoms with van der Waals surface area (Å²) < 4.78 is 5.06. The first-order valence-corrected chi connectivity index (χ1v) is 9.94. The maximum absolute atomic E-state index is 11.3. The van der Waals surface area contributed by atoms with E-state index in [0.29, 0.717) is 0 Å². The van der Waals surface area contributed by atoms with Gasteiger partial charge in [0.25, 0.3) is 0 Å². The van der Waals surface area contributed by atoms with Crippen molar-refractivity contribution in [2.24, 2.45) is 10.8 Å². The quantitative estimate of drug-likeness (QED) is 0.543. The second-order valence-corrected chi connectivity index (χ2v) is 9.92. The standard InChI is InChI=1S/C13H19NO3.2C5H10O2/c1-13(2,3)17-12(16)14-9-11(15)10-7-5-4-6-8-10;2*1-5(2,3)4(6)7/h4-8,11,15H,9H2,1-3H3,(H,14,16);2*1-3H3,(H,6,7). The second kappa shape index (κ2) is 12.9. The van der Waals surface area contributed by atoms with Gasteiger partial charge < -0.3 is 25.4 Å². The minimum absolute atomic E-state index is 0.138. The van der Waals surface area contributed by atoms with Crippen LogP contribution in [-0.4, -0.2) is 45.5 Å². The number of alkyl carbamates (subject to hydrolysis) is 1. The van der Waals surface area contributed by atoms with Gasteiger partial charge in [0.15, 0.2) is 0 Å². The lowest BCUT2D eigenvalue weighted by Crippen LogP contribution is -2.34. The lowest BCUT2D eigenvalue weighted by molar-refractivity contribution is -0.146. The third-order valence-electron chi connectivity index (χ3n) is 3.31. The van der Waals surface area contributed by atoms with Gasteiger partial charge in [0.1, 0.15) is 5.60 Å². The number of ether oxygens (including phenoxy) is 1. The number of hydrogen-bond donors (Lipinski definition) is 4. The van der Waals surface area contributed by atoms with Crippen molar-refractivity contribution < 1.29 is 34.4 Å². The molecule has 31 heavy (non-hydrogen) atoms. The van der Waals surface area contributed by atoms with Crippen molar-refractivity contribution in [2.75, 3.05) is 6.54 Å². The van der Waals surface area contributed by atoms with Crippen LogP contribution in [0.25, 0.3) is 0 Å². The summed E-state index contributed by atoms with van der Waals surface area (Å²) in [6.07, 6.45) is -1.24. The first-order chi connectivity index (χ1) is 13.8. The third kappa shape index (κ3) is 17.9. The monoisotopic (exact) mass is 441 g/mol. The van der Waals surface area contributed by atoms with E-state index < -0.39 is 40.6 Å². The van der Waals surface area contributed by atoms with Gasteiger partial charge in [0.2, 0.25) is 0 Å². The van der Waals surface area contributed by atoms with Crippen LogP contribution in [0.15, 0.2) is 30.3 Å². The molecule has 0 radical (unpaired) electrons. The van der Waals surface area contributed by atoms with Crippen LogP contribution in [0.1, 0.15) is 74.0 Å². The van der Waals surface area contributed by atoms with E-state index in [1.54, 1.807) is 74.4 Å². The molecule has 4 N–H and O–H groups in total. The Kier molecular flexibility index (Phi) is 12.8. The lowest BCUT2D eigenvalue weighted by Gasteiger charge is -2.20. The highest BCUT2D eigenvalue weighted by atomic mass is 16.6. The average molecular weight is 442 g/mol. The van der Waals surface area contributed by atoms with E-state index >= 15 is 0 Å². The molecule has 178 valence electrons. The fraction of sp³-hybridized carbons (Fsp3) is 0.609. The Morgan fingerprint density at radius 3 is 1.48 bits per heavy atom. The smallest absolute Gasteiger partial charge is 0.407 e. The number of benzene rings is 1. The summed E-state index contributed by atoms with van der Waals surface area (Å²) in [4.78, 5) is 31.4. The van der Waals surface area contributed by atoms with Crippen molar-refractivity contribution in [3.05, 3.63) is 35.9 Å². The molecule has 0 bridgehead atoms. The minimum Gasteiger partial charge on any atom is -0.481 e. The van der Waals surface area contributed by atoms with E-state index in [9.17, 15) is 19.5 Å². The molecule has 0 aromatic heterocycles. The fourth-order valence-corrected chi connectivity index (χ4v) is 1.29. The molecule has 0 fully saturated rings. The van der Waals surface area contributed by atoms with Crippen molar-refractivity contribution in [1.29, 1.82) is 0 Å². The molecule has 1 amide bonds. The van der Waals surface area contributed by atoms with Crippen LogP contribution in [0.5, 0.6) is 0 Å². The van der Waals surface area contributed by atoms with Crippen LogP contribution < -0.4 is 5.32 Å². The van der Waals surface area contributed by atoms with E-state index in [2.05, 4.69) is 5.32 Å². The molecule has 1 aromatic carbocycles. The Balaban J connectivity index is 0. The van der Waals surface area contributed by atoms with E-state index in [1.165, 1.54) is 0 Å². The highest BCUT2D eigenvalue weighted by Crippen LogP contribution is 2.12. The highest BCUT2D eigenvalue weighted by molar-refractivity contribution is 5.73. The highest BCUT2D eigenvalue weighted by Gasteiger charge is 2.19. The predicted octanol–water partition coefficient (Wildman–Crippen LogP) is 4.48. The topological polar surface area (TPSA) is 133 Å². The number of hydrogen-bond acceptors (Lipinski definition) is 5. The Morgan fingerprint density at radius 2 is 1.19 bits per heavy atom. The number of rotatable bonds is 3. The zero-order valence-corrected chi connectivity index (χ0v) is 20.1. The summed E-state index contributed by atoms with van der Waals surface area (Å²) in [6, 6.07) is 9.17. The summed E-state index contributed by atoms with van der Waals surface area (Å²) in [5.74, 6) is -1.51. The number of carboxylic acid groups (broad SMARTS) is 2. The molecule has 8 heteroatoms. The molecule has 0 aliphatic carbocycles. The van der Waals surface area contributed by atoms with Gasteiger partial charge in [-0.3, -0.25) is 9.59 Å². The van der Waals surface area contributed by atoms with Crippen molar-refractivity contribution in [3.63, 3.8) is 0 Å². The van der Waals surface area contributed by atoms with E-state index in [-0.39, 0.29) is 6.54 Å². The molecule has 0 spiro atoms. The molecule has 1 atom stereocenters. The predicted molar refractivity (Wildman–Crippen MR) is 120 cm³/mol. The van der Waals surface area contributed by atoms with Gasteiger partial charge in [-0.05, 0) is 67.9 Å². The molecule has 1 rings (SSSR count). The second-order valence-electron chi connectivity index (χ2n) is 9.92. The van der Waals surface area contributed by atoms with Crippen molar-refractivity contribution >= 4 is 18.0 Å². The van der Waals surface area contributed by atoms with Gasteiger partial charge >= 0.3 is 18.0 Å². The average Bonchev–Trinajstić information content (AvgIpc) is 2.58. The van der Waals surface area contributed by atoms with Crippen LogP contribution in [-0.2, 0) is 14.3 Å². The number of aliphatic hydroxyl groups is 1. The van der Waals surface area contributed by atoms with Crippen LogP contribution >= 0.6 is 0 Å². The lowest BCUT2D eigenvalue weighted by atomic mass is 9.98. The molecule has 0 aliphatic rings. The number of aliphatic carboxylic acids is 2. The summed E-state index contributed by atoms with van der Waals surface area (Å²) in [5, 5.41) is 28.8. The molecule has 0 saturated carbocycles. The number of amides is 1. The van der Waals surface area contributed by atoms with Crippen molar-refractivity contribution in [1.82, 2.24) is 5.32 Å². The Hall–Kier alpha value is -2.61. The molecule has 8 nitrogen and oxygen atoms in total. The summed E-state index contributed by atoms with van der Waals surface area (Å²) in [6.45, 7) is 15.5. The molecule has 0 aliphatic heterocycles. The van der Waals surface area contributed by atoms with Gasteiger partial charge in [0.05, 0.1) is 23.5 Å². The summed E-state index contributed by atoms with van der Waals surface area (Å²) >= 11 is 0. The first kappa shape index (κ1) is 30.6. The molecular weight excluding hydrogens is 402 g/mol. The largest absolute Gasteiger partial charge is 0.481 e. The van der Waals surface area contributed by atoms with Crippen LogP contribution in [0.2, 0.25) is 0 Å². The molecule has 1 unspecified atom stereocenters. The maximum atomic E-state index is 11.3. The Labute approximate surface area is 185 Å². The number of carboxylic acids is 2. The van der Waals surface area contributed by atoms with Gasteiger partial charge in [-0.15, -0.1) is 0 Å². The Morgan fingerprint density at radius 1 is 0.839 bits per heavy atom. The van der Waals surface area contributed by atoms with Gasteiger partial charge in [0, 0.05) is 0 Å². The van der Waals surface area contributed by atoms with E-state index in [4.69, 9.17) is 14.9 Å². The summed E-state index contributed by atoms with van der Waals surface area (Å²) in [5.41, 5.74) is -0.925. The number of aliphatic hydroxyl groups excluding tert-OH is 1. The zero-order chi connectivity index (χ0) is 25.0. The van der Waals surface area contributed by atoms with Crippen LogP contribution in [0.4, 0.5) is 4.79 Å². The van der Waals surface area contributed by atoms with Gasteiger partial charge in [-0.1, -0.05) is 30.3 Å². The number of nitrogens with one attached hydrogen (secondary N) is 1. The van der Waals surface area contributed by atoms with Gasteiger partial charge in [-0.25, -0.2) is 4.79 Å². The SMILES string of the molecule is CC(C)(C)C(=O)O.CC(C)(C)C(=O)O.CC(C)(C)OC(=O)NCC(O)c1ccccc1. The maximum Gasteiger partial charge on any atom is 0.407 e. The number of carbonyl (C=O) groups is 3. The van der Waals surface area contributed by atoms with E-state index in [0.717, 1.165) is 5.56 Å². The molecule has 1 aromatic rings. The zero-order valence-electron chi connectivity index (χ0n) is 20.1.